The van der Waals surface area contributed by atoms with Crippen LogP contribution in [0.3, 0.4) is 0 Å². The molecule has 1 N–H and O–H groups in total. The average molecular weight is 506 g/mol. The van der Waals surface area contributed by atoms with Gasteiger partial charge in [-0.05, 0) is 46.0 Å². The number of hydrogen-bond donors (Lipinski definition) is 1. The standard InChI is InChI=1S/C21H24BrN5OS2/c1-5-27-19(14-6-8-15(9-7-14)21(2,3)4)25-26-20(27)29-13-18(28)24-23-12-16-10-11-17(22)30-16/h6-12H,5,13H2,1-4H3,(H,24,28)/b23-12-. The Morgan fingerprint density at radius 3 is 2.57 bits per heavy atom. The van der Waals surface area contributed by atoms with Gasteiger partial charge in [-0.15, -0.1) is 21.5 Å². The number of hydrazone groups is 1. The molecule has 2 heterocycles. The van der Waals surface area contributed by atoms with Crippen LogP contribution < -0.4 is 5.43 Å². The lowest BCUT2D eigenvalue weighted by molar-refractivity contribution is -0.118. The number of aromatic nitrogens is 3. The van der Waals surface area contributed by atoms with E-state index in [9.17, 15) is 4.79 Å². The molecule has 0 aliphatic rings. The van der Waals surface area contributed by atoms with Gasteiger partial charge >= 0.3 is 0 Å². The number of rotatable bonds is 7. The van der Waals surface area contributed by atoms with Crippen LogP contribution in [0.5, 0.6) is 0 Å². The Labute approximate surface area is 193 Å². The van der Waals surface area contributed by atoms with Gasteiger partial charge < -0.3 is 4.57 Å². The fourth-order valence-corrected chi connectivity index (χ4v) is 4.83. The van der Waals surface area contributed by atoms with Crippen molar-refractivity contribution in [2.45, 2.75) is 44.8 Å². The van der Waals surface area contributed by atoms with Crippen LogP contribution in [0.4, 0.5) is 0 Å². The summed E-state index contributed by atoms with van der Waals surface area (Å²) in [6.45, 7) is 9.35. The van der Waals surface area contributed by atoms with Gasteiger partial charge in [-0.1, -0.05) is 56.8 Å². The Morgan fingerprint density at radius 1 is 1.23 bits per heavy atom. The van der Waals surface area contributed by atoms with Crippen molar-refractivity contribution in [3.05, 3.63) is 50.6 Å². The minimum absolute atomic E-state index is 0.105. The molecule has 0 saturated heterocycles. The number of carbonyl (C=O) groups is 1. The van der Waals surface area contributed by atoms with Gasteiger partial charge in [-0.2, -0.15) is 5.10 Å². The molecule has 1 amide bonds. The highest BCUT2D eigenvalue weighted by Crippen LogP contribution is 2.27. The third-order valence-corrected chi connectivity index (χ3v) is 6.87. The Kier molecular flexibility index (Phi) is 7.49. The van der Waals surface area contributed by atoms with Gasteiger partial charge in [0.15, 0.2) is 11.0 Å². The van der Waals surface area contributed by atoms with Gasteiger partial charge in [-0.25, -0.2) is 5.43 Å². The molecule has 0 aliphatic heterocycles. The fourth-order valence-electron chi connectivity index (χ4n) is 2.74. The number of thiophene rings is 1. The van der Waals surface area contributed by atoms with Crippen LogP contribution in [0.1, 0.15) is 38.1 Å². The van der Waals surface area contributed by atoms with Crippen LogP contribution in [0.15, 0.2) is 50.4 Å². The highest BCUT2D eigenvalue weighted by atomic mass is 79.9. The third-order valence-electron chi connectivity index (χ3n) is 4.35. The normalized spacial score (nSPS) is 11.9. The largest absolute Gasteiger partial charge is 0.302 e. The fraction of sp³-hybridized carbons (Fsp3) is 0.333. The van der Waals surface area contributed by atoms with Gasteiger partial charge in [0.2, 0.25) is 0 Å². The van der Waals surface area contributed by atoms with E-state index in [4.69, 9.17) is 0 Å². The van der Waals surface area contributed by atoms with Crippen molar-refractivity contribution in [2.75, 3.05) is 5.75 Å². The molecule has 0 unspecified atom stereocenters. The minimum Gasteiger partial charge on any atom is -0.302 e. The van der Waals surface area contributed by atoms with E-state index in [0.717, 1.165) is 26.6 Å². The second-order valence-corrected chi connectivity index (χ2v) is 11.0. The van der Waals surface area contributed by atoms with E-state index >= 15 is 0 Å². The van der Waals surface area contributed by atoms with Crippen LogP contribution in [0.2, 0.25) is 0 Å². The molecule has 0 aliphatic carbocycles. The zero-order valence-corrected chi connectivity index (χ0v) is 20.6. The molecule has 3 aromatic rings. The Morgan fingerprint density at radius 2 is 1.97 bits per heavy atom. The number of thioether (sulfide) groups is 1. The first kappa shape index (κ1) is 22.7. The molecule has 158 valence electrons. The summed E-state index contributed by atoms with van der Waals surface area (Å²) < 4.78 is 3.05. The van der Waals surface area contributed by atoms with Crippen molar-refractivity contribution in [2.24, 2.45) is 5.10 Å². The monoisotopic (exact) mass is 505 g/mol. The van der Waals surface area contributed by atoms with Crippen LogP contribution in [-0.4, -0.2) is 32.6 Å². The number of benzene rings is 1. The zero-order valence-electron chi connectivity index (χ0n) is 17.3. The number of halogens is 1. The zero-order chi connectivity index (χ0) is 21.7. The minimum atomic E-state index is -0.186. The van der Waals surface area contributed by atoms with E-state index in [1.54, 1.807) is 17.6 Å². The lowest BCUT2D eigenvalue weighted by atomic mass is 9.87. The van der Waals surface area contributed by atoms with Crippen molar-refractivity contribution in [1.82, 2.24) is 20.2 Å². The van der Waals surface area contributed by atoms with Crippen molar-refractivity contribution >= 4 is 51.2 Å². The van der Waals surface area contributed by atoms with Crippen LogP contribution >= 0.6 is 39.0 Å². The molecule has 0 atom stereocenters. The van der Waals surface area contributed by atoms with Crippen LogP contribution in [-0.2, 0) is 16.8 Å². The molecule has 6 nitrogen and oxygen atoms in total. The molecule has 30 heavy (non-hydrogen) atoms. The van der Waals surface area contributed by atoms with E-state index in [0.29, 0.717) is 5.16 Å². The predicted molar refractivity (Wildman–Crippen MR) is 128 cm³/mol. The third kappa shape index (κ3) is 5.80. The van der Waals surface area contributed by atoms with Crippen molar-refractivity contribution in [1.29, 1.82) is 0 Å². The molecule has 0 bridgehead atoms. The molecule has 3 rings (SSSR count). The topological polar surface area (TPSA) is 72.2 Å². The molecule has 2 aromatic heterocycles. The summed E-state index contributed by atoms with van der Waals surface area (Å²) in [6.07, 6.45) is 1.63. The Bertz CT molecular complexity index is 1030. The molecular formula is C21H24BrN5OS2. The molecule has 0 spiro atoms. The summed E-state index contributed by atoms with van der Waals surface area (Å²) in [5.74, 6) is 0.836. The SMILES string of the molecule is CCn1c(SCC(=O)N/N=C\c2ccc(Br)s2)nnc1-c1ccc(C(C)(C)C)cc1. The second kappa shape index (κ2) is 9.89. The highest BCUT2D eigenvalue weighted by molar-refractivity contribution is 9.11. The van der Waals surface area contributed by atoms with E-state index in [1.807, 2.05) is 23.6 Å². The summed E-state index contributed by atoms with van der Waals surface area (Å²) in [5.41, 5.74) is 4.94. The summed E-state index contributed by atoms with van der Waals surface area (Å²) in [7, 11) is 0. The van der Waals surface area contributed by atoms with Gasteiger partial charge in [-0.3, -0.25) is 4.79 Å². The predicted octanol–water partition coefficient (Wildman–Crippen LogP) is 5.33. The van der Waals surface area contributed by atoms with E-state index < -0.39 is 0 Å². The lowest BCUT2D eigenvalue weighted by Gasteiger charge is -2.19. The quantitative estimate of drug-likeness (QED) is 0.267. The lowest BCUT2D eigenvalue weighted by Crippen LogP contribution is -2.19. The van der Waals surface area contributed by atoms with Crippen molar-refractivity contribution < 1.29 is 4.79 Å². The first-order valence-electron chi connectivity index (χ1n) is 9.52. The van der Waals surface area contributed by atoms with Crippen molar-refractivity contribution in [3.8, 4) is 11.4 Å². The van der Waals surface area contributed by atoms with E-state index in [1.165, 1.54) is 17.3 Å². The molecule has 9 heteroatoms. The number of amides is 1. The summed E-state index contributed by atoms with van der Waals surface area (Å²) in [5, 5.41) is 13.4. The number of carbonyl (C=O) groups excluding carboxylic acids is 1. The Hall–Kier alpha value is -1.97. The maximum absolute atomic E-state index is 12.1. The second-order valence-electron chi connectivity index (χ2n) is 7.60. The van der Waals surface area contributed by atoms with Gasteiger partial charge in [0.1, 0.15) is 0 Å². The molecule has 1 aromatic carbocycles. The average Bonchev–Trinajstić information content (AvgIpc) is 3.31. The number of hydrogen-bond acceptors (Lipinski definition) is 6. The number of nitrogens with zero attached hydrogens (tertiary/aromatic N) is 4. The number of nitrogens with one attached hydrogen (secondary N) is 1. The molecular weight excluding hydrogens is 482 g/mol. The van der Waals surface area contributed by atoms with E-state index in [-0.39, 0.29) is 17.1 Å². The molecule has 0 fully saturated rings. The highest BCUT2D eigenvalue weighted by Gasteiger charge is 2.17. The van der Waals surface area contributed by atoms with E-state index in [2.05, 4.69) is 81.7 Å². The smallest absolute Gasteiger partial charge is 0.250 e. The summed E-state index contributed by atoms with van der Waals surface area (Å²) in [4.78, 5) is 13.1. The summed E-state index contributed by atoms with van der Waals surface area (Å²) >= 11 is 6.30. The maximum Gasteiger partial charge on any atom is 0.250 e. The van der Waals surface area contributed by atoms with Gasteiger partial charge in [0, 0.05) is 17.0 Å². The molecule has 0 saturated carbocycles. The first-order chi connectivity index (χ1) is 14.3. The first-order valence-corrected chi connectivity index (χ1v) is 12.1. The Balaban J connectivity index is 1.62. The van der Waals surface area contributed by atoms with Crippen LogP contribution in [0.25, 0.3) is 11.4 Å². The van der Waals surface area contributed by atoms with Gasteiger partial charge in [0.05, 0.1) is 15.8 Å². The van der Waals surface area contributed by atoms with Crippen LogP contribution in [0, 0.1) is 0 Å². The maximum atomic E-state index is 12.1. The molecule has 0 radical (unpaired) electrons. The van der Waals surface area contributed by atoms with Gasteiger partial charge in [0.25, 0.3) is 5.91 Å². The van der Waals surface area contributed by atoms with Crippen molar-refractivity contribution in [3.63, 3.8) is 0 Å². The summed E-state index contributed by atoms with van der Waals surface area (Å²) in [6, 6.07) is 12.3.